The molecule has 9 heteroatoms. The van der Waals surface area contributed by atoms with E-state index in [1.165, 1.54) is 17.0 Å². The number of nitrogens with one attached hydrogen (secondary N) is 1. The molecule has 3 aromatic rings. The van der Waals surface area contributed by atoms with Crippen LogP contribution in [0.15, 0.2) is 48.6 Å². The zero-order valence-electron chi connectivity index (χ0n) is 16.9. The molecule has 0 radical (unpaired) electrons. The molecule has 31 heavy (non-hydrogen) atoms. The molecule has 2 atom stereocenters. The Kier molecular flexibility index (Phi) is 6.83. The second-order valence-electron chi connectivity index (χ2n) is 7.58. The number of aliphatic hydroxyl groups is 1. The topological polar surface area (TPSA) is 95.0 Å². The molecule has 1 amide bonds. The van der Waals surface area contributed by atoms with E-state index >= 15 is 0 Å². The van der Waals surface area contributed by atoms with E-state index in [4.69, 9.17) is 0 Å². The first-order chi connectivity index (χ1) is 15.1. The maximum atomic E-state index is 13.0. The number of aliphatic hydroxyl groups excluding tert-OH is 1. The summed E-state index contributed by atoms with van der Waals surface area (Å²) in [5.41, 5.74) is 0.869. The average Bonchev–Trinajstić information content (AvgIpc) is 3.51. The van der Waals surface area contributed by atoms with Crippen LogP contribution in [-0.4, -0.2) is 55.2 Å². The van der Waals surface area contributed by atoms with Gasteiger partial charge < -0.3 is 10.0 Å². The van der Waals surface area contributed by atoms with Crippen molar-refractivity contribution in [3.63, 3.8) is 0 Å². The van der Waals surface area contributed by atoms with Crippen molar-refractivity contribution in [3.05, 3.63) is 64.8 Å². The summed E-state index contributed by atoms with van der Waals surface area (Å²) in [6, 6.07) is 10.2. The number of rotatable bonds is 9. The van der Waals surface area contributed by atoms with Gasteiger partial charge in [-0.1, -0.05) is 24.3 Å². The minimum Gasteiger partial charge on any atom is -0.389 e. The molecule has 1 aromatic carbocycles. The molecule has 0 unspecified atom stereocenters. The number of aromatic amines is 1. The van der Waals surface area contributed by atoms with Gasteiger partial charge >= 0.3 is 0 Å². The first kappa shape index (κ1) is 21.3. The number of carbonyl (C=O) groups excluding carboxylic acids is 1. The molecule has 0 aliphatic carbocycles. The molecule has 1 aliphatic heterocycles. The van der Waals surface area contributed by atoms with Crippen LogP contribution in [-0.2, 0) is 17.6 Å². The molecule has 4 rings (SSSR count). The predicted octanol–water partition coefficient (Wildman–Crippen LogP) is 3.15. The lowest BCUT2D eigenvalue weighted by Gasteiger charge is -2.22. The van der Waals surface area contributed by atoms with Crippen molar-refractivity contribution < 1.29 is 14.3 Å². The molecule has 2 aromatic heterocycles. The van der Waals surface area contributed by atoms with E-state index in [-0.39, 0.29) is 17.8 Å². The Morgan fingerprint density at radius 1 is 1.29 bits per heavy atom. The normalized spacial score (nSPS) is 17.7. The van der Waals surface area contributed by atoms with Crippen molar-refractivity contribution >= 4 is 17.2 Å². The number of hydrogen-bond acceptors (Lipinski definition) is 6. The van der Waals surface area contributed by atoms with Gasteiger partial charge in [0.15, 0.2) is 0 Å². The number of hydrogen-bond donors (Lipinski definition) is 2. The second-order valence-corrected chi connectivity index (χ2v) is 8.75. The van der Waals surface area contributed by atoms with Gasteiger partial charge in [0.1, 0.15) is 5.82 Å². The Morgan fingerprint density at radius 2 is 2.13 bits per heavy atom. The molecule has 2 N–H and O–H groups in total. The van der Waals surface area contributed by atoms with E-state index in [0.29, 0.717) is 25.2 Å². The predicted molar refractivity (Wildman–Crippen MR) is 116 cm³/mol. The first-order valence-corrected chi connectivity index (χ1v) is 11.1. The fourth-order valence-electron chi connectivity index (χ4n) is 3.76. The summed E-state index contributed by atoms with van der Waals surface area (Å²) in [6.07, 6.45) is 6.45. The number of tetrazole rings is 1. The molecule has 0 spiro atoms. The fraction of sp³-hybridized carbons (Fsp3) is 0.364. The third kappa shape index (κ3) is 5.62. The number of thiophene rings is 1. The van der Waals surface area contributed by atoms with E-state index in [0.717, 1.165) is 29.7 Å². The average molecular weight is 442 g/mol. The highest BCUT2D eigenvalue weighted by atomic mass is 32.1. The van der Waals surface area contributed by atoms with Crippen molar-refractivity contribution in [1.29, 1.82) is 0 Å². The zero-order valence-corrected chi connectivity index (χ0v) is 17.8. The van der Waals surface area contributed by atoms with Crippen LogP contribution in [0.25, 0.3) is 10.7 Å². The molecular formula is C22H24FN5O2S. The molecule has 7 nitrogen and oxygen atoms in total. The molecule has 0 bridgehead atoms. The minimum absolute atomic E-state index is 0.00796. The Balaban J connectivity index is 1.27. The largest absolute Gasteiger partial charge is 0.389 e. The number of halogens is 1. The zero-order chi connectivity index (χ0) is 21.6. The van der Waals surface area contributed by atoms with Crippen LogP contribution >= 0.6 is 11.3 Å². The molecule has 1 aliphatic rings. The Labute approximate surface area is 183 Å². The van der Waals surface area contributed by atoms with E-state index in [9.17, 15) is 14.3 Å². The van der Waals surface area contributed by atoms with Crippen molar-refractivity contribution in [2.45, 2.75) is 44.2 Å². The Hall–Kier alpha value is -2.91. The molecule has 3 heterocycles. The molecule has 0 saturated carbocycles. The van der Waals surface area contributed by atoms with Gasteiger partial charge in [0.2, 0.25) is 11.7 Å². The SMILES string of the molecule is O=C1CC[C@H](C=C[C@@H](O)Cc2ccc(F)cc2)N1CCCc1ccc(-c2nn[nH]n2)s1. The second kappa shape index (κ2) is 9.93. The van der Waals surface area contributed by atoms with E-state index < -0.39 is 6.10 Å². The van der Waals surface area contributed by atoms with Crippen molar-refractivity contribution in [1.82, 2.24) is 25.5 Å². The van der Waals surface area contributed by atoms with Crippen molar-refractivity contribution in [3.8, 4) is 10.7 Å². The number of carbonyl (C=O) groups is 1. The highest BCUT2D eigenvalue weighted by Gasteiger charge is 2.28. The molecular weight excluding hydrogens is 417 g/mol. The van der Waals surface area contributed by atoms with Gasteiger partial charge in [-0.2, -0.15) is 5.21 Å². The van der Waals surface area contributed by atoms with Gasteiger partial charge in [0.05, 0.1) is 17.0 Å². The third-order valence-corrected chi connectivity index (χ3v) is 6.48. The van der Waals surface area contributed by atoms with Crippen molar-refractivity contribution in [2.24, 2.45) is 0 Å². The summed E-state index contributed by atoms with van der Waals surface area (Å²) in [6.45, 7) is 0.678. The molecule has 162 valence electrons. The maximum Gasteiger partial charge on any atom is 0.223 e. The van der Waals surface area contributed by atoms with Gasteiger partial charge in [-0.15, -0.1) is 21.5 Å². The smallest absolute Gasteiger partial charge is 0.223 e. The van der Waals surface area contributed by atoms with Gasteiger partial charge in [0.25, 0.3) is 0 Å². The lowest BCUT2D eigenvalue weighted by Crippen LogP contribution is -2.33. The molecule has 1 saturated heterocycles. The number of benzene rings is 1. The number of nitrogens with zero attached hydrogens (tertiary/aromatic N) is 4. The number of amides is 1. The lowest BCUT2D eigenvalue weighted by molar-refractivity contribution is -0.128. The van der Waals surface area contributed by atoms with E-state index in [2.05, 4.69) is 26.7 Å². The standard InChI is InChI=1S/C22H24FN5O2S/c23-16-5-3-15(4-6-16)14-18(29)9-7-17-8-12-21(30)28(17)13-1-2-19-10-11-20(31-19)22-24-26-27-25-22/h3-7,9-11,17-18,29H,1-2,8,12-14H2,(H,24,25,26,27)/t17-,18+/m0/s1. The van der Waals surface area contributed by atoms with Crippen molar-refractivity contribution in [2.75, 3.05) is 6.54 Å². The van der Waals surface area contributed by atoms with Crippen LogP contribution in [0.5, 0.6) is 0 Å². The highest BCUT2D eigenvalue weighted by Crippen LogP contribution is 2.26. The monoisotopic (exact) mass is 441 g/mol. The summed E-state index contributed by atoms with van der Waals surface area (Å²) in [5, 5.41) is 24.3. The van der Waals surface area contributed by atoms with Crippen LogP contribution in [0.1, 0.15) is 29.7 Å². The van der Waals surface area contributed by atoms with Gasteiger partial charge in [-0.3, -0.25) is 4.79 Å². The minimum atomic E-state index is -0.669. The summed E-state index contributed by atoms with van der Waals surface area (Å²) in [5.74, 6) is 0.458. The lowest BCUT2D eigenvalue weighted by atomic mass is 10.1. The number of H-pyrrole nitrogens is 1. The van der Waals surface area contributed by atoms with E-state index in [1.807, 2.05) is 17.0 Å². The third-order valence-electron chi connectivity index (χ3n) is 5.34. The van der Waals surface area contributed by atoms with Crippen LogP contribution in [0.4, 0.5) is 4.39 Å². The summed E-state index contributed by atoms with van der Waals surface area (Å²) in [7, 11) is 0. The van der Waals surface area contributed by atoms with Crippen LogP contribution in [0.2, 0.25) is 0 Å². The first-order valence-electron chi connectivity index (χ1n) is 10.3. The highest BCUT2D eigenvalue weighted by molar-refractivity contribution is 7.15. The van der Waals surface area contributed by atoms with Gasteiger partial charge in [-0.05, 0) is 54.3 Å². The summed E-state index contributed by atoms with van der Waals surface area (Å²) >= 11 is 1.63. The fourth-order valence-corrected chi connectivity index (χ4v) is 4.73. The van der Waals surface area contributed by atoms with E-state index in [1.54, 1.807) is 29.5 Å². The summed E-state index contributed by atoms with van der Waals surface area (Å²) in [4.78, 5) is 16.4. The number of likely N-dealkylation sites (tertiary alicyclic amines) is 1. The summed E-state index contributed by atoms with van der Waals surface area (Å²) < 4.78 is 13.0. The quantitative estimate of drug-likeness (QED) is 0.498. The van der Waals surface area contributed by atoms with Gasteiger partial charge in [0, 0.05) is 24.3 Å². The van der Waals surface area contributed by atoms with Crippen LogP contribution in [0, 0.1) is 5.82 Å². The Morgan fingerprint density at radius 3 is 2.90 bits per heavy atom. The maximum absolute atomic E-state index is 13.0. The number of aryl methyl sites for hydroxylation is 1. The Bertz CT molecular complexity index is 1020. The molecule has 1 fully saturated rings. The van der Waals surface area contributed by atoms with Gasteiger partial charge in [-0.25, -0.2) is 4.39 Å². The van der Waals surface area contributed by atoms with Crippen LogP contribution < -0.4 is 0 Å². The number of aromatic nitrogens is 4. The van der Waals surface area contributed by atoms with Crippen LogP contribution in [0.3, 0.4) is 0 Å².